The highest BCUT2D eigenvalue weighted by molar-refractivity contribution is 7.13. The van der Waals surface area contributed by atoms with Gasteiger partial charge in [-0.3, -0.25) is 0 Å². The SMILES string of the molecule is c1csc(-c2nccn2C2CCCNC2)c1. The molecule has 2 aromatic rings. The normalized spacial score (nSPS) is 21.1. The van der Waals surface area contributed by atoms with Crippen molar-refractivity contribution in [2.75, 3.05) is 13.1 Å². The van der Waals surface area contributed by atoms with Crippen molar-refractivity contribution in [2.45, 2.75) is 18.9 Å². The van der Waals surface area contributed by atoms with Crippen molar-refractivity contribution in [1.82, 2.24) is 14.9 Å². The first-order chi connectivity index (χ1) is 7.95. The first kappa shape index (κ1) is 10.1. The number of aromatic nitrogens is 2. The van der Waals surface area contributed by atoms with Gasteiger partial charge in [0.1, 0.15) is 5.82 Å². The second-order valence-electron chi connectivity index (χ2n) is 4.14. The lowest BCUT2D eigenvalue weighted by Crippen LogP contribution is -2.31. The summed E-state index contributed by atoms with van der Waals surface area (Å²) in [7, 11) is 0. The Bertz CT molecular complexity index is 441. The molecule has 16 heavy (non-hydrogen) atoms. The molecule has 0 bridgehead atoms. The average molecular weight is 233 g/mol. The quantitative estimate of drug-likeness (QED) is 0.864. The summed E-state index contributed by atoms with van der Waals surface area (Å²) in [5.41, 5.74) is 0. The number of nitrogens with zero attached hydrogens (tertiary/aromatic N) is 2. The number of piperidine rings is 1. The molecule has 1 aliphatic heterocycles. The molecule has 3 nitrogen and oxygen atoms in total. The minimum atomic E-state index is 0.563. The Labute approximate surface area is 99.1 Å². The Morgan fingerprint density at radius 3 is 3.25 bits per heavy atom. The zero-order valence-corrected chi connectivity index (χ0v) is 9.91. The van der Waals surface area contributed by atoms with E-state index in [1.807, 2.05) is 6.20 Å². The highest BCUT2D eigenvalue weighted by Gasteiger charge is 2.18. The van der Waals surface area contributed by atoms with Gasteiger partial charge in [-0.1, -0.05) is 6.07 Å². The zero-order chi connectivity index (χ0) is 10.8. The van der Waals surface area contributed by atoms with E-state index in [0.717, 1.165) is 18.9 Å². The monoisotopic (exact) mass is 233 g/mol. The molecular weight excluding hydrogens is 218 g/mol. The lowest BCUT2D eigenvalue weighted by atomic mass is 10.1. The molecule has 3 heterocycles. The van der Waals surface area contributed by atoms with Crippen molar-refractivity contribution in [3.63, 3.8) is 0 Å². The van der Waals surface area contributed by atoms with Gasteiger partial charge >= 0.3 is 0 Å². The van der Waals surface area contributed by atoms with E-state index in [1.54, 1.807) is 11.3 Å². The molecule has 1 fully saturated rings. The number of hydrogen-bond acceptors (Lipinski definition) is 3. The third kappa shape index (κ3) is 1.79. The summed E-state index contributed by atoms with van der Waals surface area (Å²) >= 11 is 1.76. The van der Waals surface area contributed by atoms with Gasteiger partial charge in [-0.15, -0.1) is 11.3 Å². The van der Waals surface area contributed by atoms with Crippen LogP contribution < -0.4 is 5.32 Å². The second kappa shape index (κ2) is 4.39. The van der Waals surface area contributed by atoms with Crippen LogP contribution in [0.25, 0.3) is 10.7 Å². The van der Waals surface area contributed by atoms with Crippen LogP contribution >= 0.6 is 11.3 Å². The van der Waals surface area contributed by atoms with E-state index in [9.17, 15) is 0 Å². The van der Waals surface area contributed by atoms with Gasteiger partial charge in [-0.05, 0) is 30.8 Å². The summed E-state index contributed by atoms with van der Waals surface area (Å²) in [6, 6.07) is 4.78. The molecule has 4 heteroatoms. The molecule has 0 radical (unpaired) electrons. The third-order valence-electron chi connectivity index (χ3n) is 3.07. The summed E-state index contributed by atoms with van der Waals surface area (Å²) in [6.45, 7) is 2.22. The van der Waals surface area contributed by atoms with E-state index in [4.69, 9.17) is 0 Å². The fourth-order valence-electron chi connectivity index (χ4n) is 2.28. The third-order valence-corrected chi connectivity index (χ3v) is 3.94. The van der Waals surface area contributed by atoms with Gasteiger partial charge in [-0.25, -0.2) is 4.98 Å². The predicted octanol–water partition coefficient (Wildman–Crippen LogP) is 2.54. The fourth-order valence-corrected chi connectivity index (χ4v) is 3.00. The highest BCUT2D eigenvalue weighted by Crippen LogP contribution is 2.27. The van der Waals surface area contributed by atoms with Gasteiger partial charge in [0.15, 0.2) is 0 Å². The molecule has 1 saturated heterocycles. The minimum absolute atomic E-state index is 0.563. The highest BCUT2D eigenvalue weighted by atomic mass is 32.1. The summed E-state index contributed by atoms with van der Waals surface area (Å²) in [5, 5.41) is 5.56. The van der Waals surface area contributed by atoms with E-state index in [1.165, 1.54) is 17.7 Å². The molecular formula is C12H15N3S. The van der Waals surface area contributed by atoms with Crippen molar-refractivity contribution < 1.29 is 0 Å². The van der Waals surface area contributed by atoms with Crippen LogP contribution in [0.3, 0.4) is 0 Å². The van der Waals surface area contributed by atoms with Gasteiger partial charge in [0, 0.05) is 25.0 Å². The standard InChI is InChI=1S/C12H15N3S/c1-3-10(9-13-5-1)15-7-6-14-12(15)11-4-2-8-16-11/h2,4,6-8,10,13H,1,3,5,9H2. The van der Waals surface area contributed by atoms with Crippen LogP contribution in [-0.2, 0) is 0 Å². The largest absolute Gasteiger partial charge is 0.326 e. The number of thiophene rings is 1. The molecule has 0 aromatic carbocycles. The summed E-state index contributed by atoms with van der Waals surface area (Å²) in [5.74, 6) is 1.11. The Morgan fingerprint density at radius 2 is 2.50 bits per heavy atom. The maximum atomic E-state index is 4.48. The Morgan fingerprint density at radius 1 is 1.50 bits per heavy atom. The Hall–Kier alpha value is -1.13. The smallest absolute Gasteiger partial charge is 0.150 e. The van der Waals surface area contributed by atoms with E-state index in [-0.39, 0.29) is 0 Å². The van der Waals surface area contributed by atoms with Crippen molar-refractivity contribution in [3.05, 3.63) is 29.9 Å². The lowest BCUT2D eigenvalue weighted by molar-refractivity contribution is 0.374. The molecule has 1 atom stereocenters. The van der Waals surface area contributed by atoms with Crippen LogP contribution in [0.1, 0.15) is 18.9 Å². The Kier molecular flexibility index (Phi) is 2.76. The topological polar surface area (TPSA) is 29.9 Å². The molecule has 1 unspecified atom stereocenters. The molecule has 3 rings (SSSR count). The summed E-state index contributed by atoms with van der Waals surface area (Å²) < 4.78 is 2.32. The molecule has 0 aliphatic carbocycles. The van der Waals surface area contributed by atoms with Crippen molar-refractivity contribution >= 4 is 11.3 Å². The minimum Gasteiger partial charge on any atom is -0.326 e. The van der Waals surface area contributed by atoms with E-state index >= 15 is 0 Å². The van der Waals surface area contributed by atoms with Crippen LogP contribution in [0.5, 0.6) is 0 Å². The van der Waals surface area contributed by atoms with Gasteiger partial charge in [0.05, 0.1) is 4.88 Å². The first-order valence-corrected chi connectivity index (χ1v) is 6.60. The first-order valence-electron chi connectivity index (χ1n) is 5.72. The molecule has 1 aliphatic rings. The maximum absolute atomic E-state index is 4.48. The van der Waals surface area contributed by atoms with E-state index in [2.05, 4.69) is 38.6 Å². The lowest BCUT2D eigenvalue weighted by Gasteiger charge is -2.25. The predicted molar refractivity (Wildman–Crippen MR) is 66.7 cm³/mol. The molecule has 0 amide bonds. The van der Waals surface area contributed by atoms with Crippen molar-refractivity contribution in [1.29, 1.82) is 0 Å². The number of rotatable bonds is 2. The Balaban J connectivity index is 1.92. The molecule has 1 N–H and O–H groups in total. The molecule has 0 saturated carbocycles. The van der Waals surface area contributed by atoms with E-state index in [0.29, 0.717) is 6.04 Å². The van der Waals surface area contributed by atoms with Gasteiger partial charge in [-0.2, -0.15) is 0 Å². The average Bonchev–Trinajstić information content (AvgIpc) is 3.01. The van der Waals surface area contributed by atoms with Gasteiger partial charge < -0.3 is 9.88 Å². The van der Waals surface area contributed by atoms with Crippen LogP contribution in [-0.4, -0.2) is 22.6 Å². The number of hydrogen-bond donors (Lipinski definition) is 1. The van der Waals surface area contributed by atoms with Crippen LogP contribution in [0, 0.1) is 0 Å². The van der Waals surface area contributed by atoms with Crippen molar-refractivity contribution in [2.24, 2.45) is 0 Å². The number of imidazole rings is 1. The maximum Gasteiger partial charge on any atom is 0.150 e. The molecule has 2 aromatic heterocycles. The van der Waals surface area contributed by atoms with Crippen LogP contribution in [0.4, 0.5) is 0 Å². The second-order valence-corrected chi connectivity index (χ2v) is 5.08. The van der Waals surface area contributed by atoms with Crippen LogP contribution in [0.2, 0.25) is 0 Å². The number of nitrogens with one attached hydrogen (secondary N) is 1. The van der Waals surface area contributed by atoms with Gasteiger partial charge in [0.2, 0.25) is 0 Å². The zero-order valence-electron chi connectivity index (χ0n) is 9.10. The van der Waals surface area contributed by atoms with Crippen molar-refractivity contribution in [3.8, 4) is 10.7 Å². The summed E-state index contributed by atoms with van der Waals surface area (Å²) in [6.07, 6.45) is 6.52. The fraction of sp³-hybridized carbons (Fsp3) is 0.417. The summed E-state index contributed by atoms with van der Waals surface area (Å²) in [4.78, 5) is 5.74. The molecule has 84 valence electrons. The van der Waals surface area contributed by atoms with E-state index < -0.39 is 0 Å². The van der Waals surface area contributed by atoms with Crippen LogP contribution in [0.15, 0.2) is 29.9 Å². The van der Waals surface area contributed by atoms with Gasteiger partial charge in [0.25, 0.3) is 0 Å². The molecule has 0 spiro atoms.